The highest BCUT2D eigenvalue weighted by Gasteiger charge is 2.33. The molecule has 5 nitrogen and oxygen atoms in total. The number of nitrogens with one attached hydrogen (secondary N) is 1. The normalized spacial score (nSPS) is 15.8. The molecule has 1 aliphatic heterocycles. The number of carbonyl (C=O) groups is 2. The van der Waals surface area contributed by atoms with E-state index in [1.807, 2.05) is 30.3 Å². The second-order valence-corrected chi connectivity index (χ2v) is 8.33. The second kappa shape index (κ2) is 12.3. The van der Waals surface area contributed by atoms with E-state index in [4.69, 9.17) is 5.73 Å². The Balaban J connectivity index is 1.46. The Kier molecular flexibility index (Phi) is 9.10. The molecular formula is C26H35N3O2. The van der Waals surface area contributed by atoms with E-state index in [1.54, 1.807) is 4.90 Å². The lowest BCUT2D eigenvalue weighted by atomic mass is 10.0. The smallest absolute Gasteiger partial charge is 0.242 e. The Bertz CT molecular complexity index is 820. The van der Waals surface area contributed by atoms with Gasteiger partial charge in [-0.1, -0.05) is 73.9 Å². The van der Waals surface area contributed by atoms with Crippen LogP contribution in [0.3, 0.4) is 0 Å². The lowest BCUT2D eigenvalue weighted by Crippen LogP contribution is -2.46. The van der Waals surface area contributed by atoms with Gasteiger partial charge in [-0.25, -0.2) is 0 Å². The van der Waals surface area contributed by atoms with Crippen molar-refractivity contribution in [2.24, 2.45) is 5.73 Å². The van der Waals surface area contributed by atoms with E-state index in [0.29, 0.717) is 19.5 Å². The number of hydrogen-bond donors (Lipinski definition) is 2. The summed E-state index contributed by atoms with van der Waals surface area (Å²) in [5.74, 6) is 0.0270. The van der Waals surface area contributed by atoms with Gasteiger partial charge in [0.25, 0.3) is 0 Å². The molecule has 5 heteroatoms. The number of hydrogen-bond acceptors (Lipinski definition) is 3. The highest BCUT2D eigenvalue weighted by Crippen LogP contribution is 2.22. The summed E-state index contributed by atoms with van der Waals surface area (Å²) in [5.41, 5.74) is 8.79. The third-order valence-corrected chi connectivity index (χ3v) is 5.97. The molecule has 2 aromatic carbocycles. The monoisotopic (exact) mass is 421 g/mol. The average molecular weight is 422 g/mol. The first-order valence-corrected chi connectivity index (χ1v) is 11.6. The molecule has 0 spiro atoms. The molecule has 1 fully saturated rings. The van der Waals surface area contributed by atoms with Crippen LogP contribution in [0.1, 0.15) is 50.5 Å². The third-order valence-electron chi connectivity index (χ3n) is 5.97. The molecule has 2 aromatic rings. The van der Waals surface area contributed by atoms with Gasteiger partial charge in [-0.3, -0.25) is 9.59 Å². The number of unbranched alkanes of at least 4 members (excludes halogenated alkanes) is 4. The van der Waals surface area contributed by atoms with E-state index >= 15 is 0 Å². The van der Waals surface area contributed by atoms with Gasteiger partial charge in [0.05, 0.1) is 6.42 Å². The van der Waals surface area contributed by atoms with Gasteiger partial charge >= 0.3 is 0 Å². The van der Waals surface area contributed by atoms with E-state index in [1.165, 1.54) is 0 Å². The molecule has 0 radical (unpaired) electrons. The Morgan fingerprint density at radius 3 is 2.32 bits per heavy atom. The fraction of sp³-hybridized carbons (Fsp3) is 0.462. The van der Waals surface area contributed by atoms with Crippen molar-refractivity contribution in [3.63, 3.8) is 0 Å². The number of rotatable bonds is 11. The molecule has 0 bridgehead atoms. The van der Waals surface area contributed by atoms with Crippen molar-refractivity contribution < 1.29 is 9.59 Å². The number of likely N-dealkylation sites (tertiary alicyclic amines) is 1. The lowest BCUT2D eigenvalue weighted by molar-refractivity contribution is -0.137. The van der Waals surface area contributed by atoms with Crippen molar-refractivity contribution in [1.82, 2.24) is 10.2 Å². The maximum Gasteiger partial charge on any atom is 0.242 e. The SMILES string of the molecule is NCCCCCCCNC(=O)C1CCCN1C(=O)Cc1ccc(-c2ccccc2)cc1. The number of nitrogens with two attached hydrogens (primary N) is 1. The molecule has 0 aromatic heterocycles. The van der Waals surface area contributed by atoms with Gasteiger partial charge in [-0.05, 0) is 48.9 Å². The first-order valence-electron chi connectivity index (χ1n) is 11.6. The van der Waals surface area contributed by atoms with Gasteiger partial charge in [-0.15, -0.1) is 0 Å². The van der Waals surface area contributed by atoms with Crippen molar-refractivity contribution in [3.05, 3.63) is 60.2 Å². The fourth-order valence-electron chi connectivity index (χ4n) is 4.19. The molecule has 1 heterocycles. The van der Waals surface area contributed by atoms with Gasteiger partial charge in [-0.2, -0.15) is 0 Å². The zero-order valence-corrected chi connectivity index (χ0v) is 18.4. The lowest BCUT2D eigenvalue weighted by Gasteiger charge is -2.24. The minimum atomic E-state index is -0.326. The zero-order valence-electron chi connectivity index (χ0n) is 18.4. The maximum absolute atomic E-state index is 12.9. The molecule has 2 amide bonds. The number of benzene rings is 2. The minimum absolute atomic E-state index is 0.00719. The largest absolute Gasteiger partial charge is 0.354 e. The van der Waals surface area contributed by atoms with Gasteiger partial charge < -0.3 is 16.0 Å². The van der Waals surface area contributed by atoms with Crippen molar-refractivity contribution in [1.29, 1.82) is 0 Å². The van der Waals surface area contributed by atoms with E-state index in [2.05, 4.69) is 29.6 Å². The minimum Gasteiger partial charge on any atom is -0.354 e. The van der Waals surface area contributed by atoms with Crippen LogP contribution < -0.4 is 11.1 Å². The van der Waals surface area contributed by atoms with Crippen molar-refractivity contribution in [2.75, 3.05) is 19.6 Å². The molecular weight excluding hydrogens is 386 g/mol. The van der Waals surface area contributed by atoms with Crippen LogP contribution >= 0.6 is 0 Å². The van der Waals surface area contributed by atoms with E-state index in [9.17, 15) is 9.59 Å². The van der Waals surface area contributed by atoms with Crippen molar-refractivity contribution in [3.8, 4) is 11.1 Å². The molecule has 1 saturated heterocycles. The van der Waals surface area contributed by atoms with Crippen LogP contribution in [0.15, 0.2) is 54.6 Å². The van der Waals surface area contributed by atoms with Crippen LogP contribution in [0.25, 0.3) is 11.1 Å². The summed E-state index contributed by atoms with van der Waals surface area (Å²) in [6, 6.07) is 18.0. The summed E-state index contributed by atoms with van der Waals surface area (Å²) in [5, 5.41) is 3.03. The summed E-state index contributed by atoms with van der Waals surface area (Å²) in [4.78, 5) is 27.3. The summed E-state index contributed by atoms with van der Waals surface area (Å²) in [6.07, 6.45) is 7.43. The van der Waals surface area contributed by atoms with Crippen LogP contribution in [0.4, 0.5) is 0 Å². The average Bonchev–Trinajstić information content (AvgIpc) is 3.30. The van der Waals surface area contributed by atoms with Crippen molar-refractivity contribution >= 4 is 11.8 Å². The molecule has 1 unspecified atom stereocenters. The Hall–Kier alpha value is -2.66. The van der Waals surface area contributed by atoms with E-state index < -0.39 is 0 Å². The predicted molar refractivity (Wildman–Crippen MR) is 125 cm³/mol. The van der Waals surface area contributed by atoms with Crippen LogP contribution in [0.5, 0.6) is 0 Å². The molecule has 31 heavy (non-hydrogen) atoms. The van der Waals surface area contributed by atoms with E-state index in [0.717, 1.165) is 68.2 Å². The predicted octanol–water partition coefficient (Wildman–Crippen LogP) is 3.91. The highest BCUT2D eigenvalue weighted by atomic mass is 16.2. The molecule has 1 aliphatic rings. The molecule has 1 atom stereocenters. The first-order chi connectivity index (χ1) is 15.2. The summed E-state index contributed by atoms with van der Waals surface area (Å²) in [7, 11) is 0. The molecule has 0 saturated carbocycles. The van der Waals surface area contributed by atoms with Gasteiger partial charge in [0.15, 0.2) is 0 Å². The number of amides is 2. The summed E-state index contributed by atoms with van der Waals surface area (Å²) in [6.45, 7) is 2.10. The van der Waals surface area contributed by atoms with Crippen LogP contribution in [0.2, 0.25) is 0 Å². The second-order valence-electron chi connectivity index (χ2n) is 8.33. The molecule has 0 aliphatic carbocycles. The van der Waals surface area contributed by atoms with Crippen LogP contribution in [-0.4, -0.2) is 42.4 Å². The van der Waals surface area contributed by atoms with Gasteiger partial charge in [0.2, 0.25) is 11.8 Å². The Morgan fingerprint density at radius 1 is 0.903 bits per heavy atom. The number of carbonyl (C=O) groups excluding carboxylic acids is 2. The number of nitrogens with zero attached hydrogens (tertiary/aromatic N) is 1. The van der Waals surface area contributed by atoms with Crippen LogP contribution in [0, 0.1) is 0 Å². The van der Waals surface area contributed by atoms with Crippen LogP contribution in [-0.2, 0) is 16.0 Å². The highest BCUT2D eigenvalue weighted by molar-refractivity contribution is 5.89. The standard InChI is InChI=1S/C26H35N3O2/c27-17-7-2-1-3-8-18-28-26(31)24-12-9-19-29(24)25(30)20-21-13-15-23(16-14-21)22-10-5-4-6-11-22/h4-6,10-11,13-16,24H,1-3,7-9,12,17-20,27H2,(H,28,31). The Labute approximate surface area is 186 Å². The van der Waals surface area contributed by atoms with Gasteiger partial charge in [0.1, 0.15) is 6.04 Å². The third kappa shape index (κ3) is 6.93. The fourth-order valence-corrected chi connectivity index (χ4v) is 4.19. The first kappa shape index (κ1) is 23.0. The quantitative estimate of drug-likeness (QED) is 0.540. The Morgan fingerprint density at radius 2 is 1.58 bits per heavy atom. The van der Waals surface area contributed by atoms with Gasteiger partial charge in [0, 0.05) is 13.1 Å². The zero-order chi connectivity index (χ0) is 21.9. The van der Waals surface area contributed by atoms with E-state index in [-0.39, 0.29) is 17.9 Å². The molecule has 3 N–H and O–H groups in total. The molecule has 3 rings (SSSR count). The molecule has 166 valence electrons. The maximum atomic E-state index is 12.9. The summed E-state index contributed by atoms with van der Waals surface area (Å²) < 4.78 is 0. The summed E-state index contributed by atoms with van der Waals surface area (Å²) >= 11 is 0. The van der Waals surface area contributed by atoms with Crippen molar-refractivity contribution in [2.45, 2.75) is 57.4 Å². The topological polar surface area (TPSA) is 75.4 Å².